The summed E-state index contributed by atoms with van der Waals surface area (Å²) in [5.41, 5.74) is 12.3. The number of allylic oxidation sites excluding steroid dienone is 7. The summed E-state index contributed by atoms with van der Waals surface area (Å²) in [6, 6.07) is 19.9. The van der Waals surface area contributed by atoms with E-state index < -0.39 is 0 Å². The maximum Gasteiger partial charge on any atom is 0.0201 e. The second kappa shape index (κ2) is 9.10. The van der Waals surface area contributed by atoms with Gasteiger partial charge in [0.2, 0.25) is 0 Å². The zero-order chi connectivity index (χ0) is 22.0. The second-order valence-electron chi connectivity index (χ2n) is 9.00. The minimum Gasteiger partial charge on any atom is -0.0955 e. The van der Waals surface area contributed by atoms with Gasteiger partial charge in [-0.1, -0.05) is 111 Å². The average Bonchev–Trinajstić information content (AvgIpc) is 3.08. The van der Waals surface area contributed by atoms with Gasteiger partial charge in [-0.2, -0.15) is 0 Å². The number of aryl methyl sites for hydroxylation is 1. The molecule has 0 saturated heterocycles. The number of fused-ring (bicyclic) bond motifs is 1. The normalized spacial score (nSPS) is 22.0. The van der Waals surface area contributed by atoms with Crippen LogP contribution >= 0.6 is 0 Å². The molecule has 2 aromatic carbocycles. The number of rotatable bonds is 6. The van der Waals surface area contributed by atoms with Crippen LogP contribution in [0.25, 0.3) is 6.08 Å². The van der Waals surface area contributed by atoms with Crippen molar-refractivity contribution >= 4 is 6.08 Å². The number of benzene rings is 2. The van der Waals surface area contributed by atoms with Gasteiger partial charge in [0.1, 0.15) is 0 Å². The maximum absolute atomic E-state index is 4.63. The van der Waals surface area contributed by atoms with Crippen molar-refractivity contribution in [3.05, 3.63) is 124 Å². The standard InChI is InChI=1S/C31H34/c1-6-11-21(3)29-22(4)18-28-20-27(19-25-12-9-8-10-13-25)23(5)30(28)31(29)26-16-14-24(7-2)15-17-26/h8-10,12-19,30-31H,3,5-7,11,20H2,1-2,4H3. The Bertz CT molecular complexity index is 1070. The summed E-state index contributed by atoms with van der Waals surface area (Å²) in [4.78, 5) is 0. The summed E-state index contributed by atoms with van der Waals surface area (Å²) >= 11 is 0. The first-order chi connectivity index (χ1) is 15.0. The van der Waals surface area contributed by atoms with Gasteiger partial charge in [0.25, 0.3) is 0 Å². The summed E-state index contributed by atoms with van der Waals surface area (Å²) in [5, 5.41) is 0. The lowest BCUT2D eigenvalue weighted by Gasteiger charge is -2.34. The van der Waals surface area contributed by atoms with Gasteiger partial charge in [-0.05, 0) is 65.2 Å². The molecule has 2 unspecified atom stereocenters. The predicted molar refractivity (Wildman–Crippen MR) is 135 cm³/mol. The minimum absolute atomic E-state index is 0.305. The molecule has 158 valence electrons. The molecule has 2 aliphatic rings. The summed E-state index contributed by atoms with van der Waals surface area (Å²) < 4.78 is 0. The van der Waals surface area contributed by atoms with Gasteiger partial charge in [0.05, 0.1) is 0 Å². The number of hydrogen-bond acceptors (Lipinski definition) is 0. The van der Waals surface area contributed by atoms with Crippen LogP contribution in [0.2, 0.25) is 0 Å². The molecule has 0 radical (unpaired) electrons. The molecule has 0 amide bonds. The van der Waals surface area contributed by atoms with Crippen molar-refractivity contribution in [3.8, 4) is 0 Å². The quantitative estimate of drug-likeness (QED) is 0.450. The molecule has 0 spiro atoms. The summed E-state index contributed by atoms with van der Waals surface area (Å²) in [7, 11) is 0. The van der Waals surface area contributed by atoms with Crippen LogP contribution in [-0.4, -0.2) is 0 Å². The molecule has 0 nitrogen and oxygen atoms in total. The van der Waals surface area contributed by atoms with Gasteiger partial charge >= 0.3 is 0 Å². The molecular weight excluding hydrogens is 372 g/mol. The Kier molecular flexibility index (Phi) is 6.28. The van der Waals surface area contributed by atoms with E-state index in [0.717, 1.165) is 25.7 Å². The van der Waals surface area contributed by atoms with E-state index in [-0.39, 0.29) is 0 Å². The molecule has 0 heterocycles. The Balaban J connectivity index is 1.80. The maximum atomic E-state index is 4.63. The fraction of sp³-hybridized carbons (Fsp3) is 0.290. The molecule has 4 rings (SSSR count). The summed E-state index contributed by atoms with van der Waals surface area (Å²) in [6.07, 6.45) is 8.99. The van der Waals surface area contributed by atoms with E-state index in [4.69, 9.17) is 0 Å². The molecule has 0 heteroatoms. The highest BCUT2D eigenvalue weighted by atomic mass is 14.4. The van der Waals surface area contributed by atoms with E-state index in [2.05, 4.69) is 101 Å². The molecule has 2 aliphatic carbocycles. The van der Waals surface area contributed by atoms with Crippen molar-refractivity contribution in [1.82, 2.24) is 0 Å². The SMILES string of the molecule is C=C(CCC)C1=C(C)C=C2CC(=Cc3ccccc3)C(=C)C2C1c1ccc(CC)cc1. The zero-order valence-electron chi connectivity index (χ0n) is 19.2. The smallest absolute Gasteiger partial charge is 0.0201 e. The molecule has 31 heavy (non-hydrogen) atoms. The lowest BCUT2D eigenvalue weighted by Crippen LogP contribution is -2.21. The Morgan fingerprint density at radius 2 is 1.71 bits per heavy atom. The second-order valence-corrected chi connectivity index (χ2v) is 9.00. The van der Waals surface area contributed by atoms with E-state index in [1.807, 2.05) is 0 Å². The Labute approximate surface area is 188 Å². The minimum atomic E-state index is 0.305. The molecule has 1 fully saturated rings. The van der Waals surface area contributed by atoms with E-state index in [1.54, 1.807) is 0 Å². The van der Waals surface area contributed by atoms with Crippen LogP contribution in [0.5, 0.6) is 0 Å². The van der Waals surface area contributed by atoms with Crippen molar-refractivity contribution in [2.45, 2.75) is 52.4 Å². The Morgan fingerprint density at radius 1 is 1.00 bits per heavy atom. The lowest BCUT2D eigenvalue weighted by molar-refractivity contribution is 0.619. The van der Waals surface area contributed by atoms with Crippen LogP contribution in [0.4, 0.5) is 0 Å². The molecule has 0 N–H and O–H groups in total. The zero-order valence-corrected chi connectivity index (χ0v) is 19.2. The number of hydrogen-bond donors (Lipinski definition) is 0. The molecule has 1 saturated carbocycles. The highest BCUT2D eigenvalue weighted by Crippen LogP contribution is 2.55. The van der Waals surface area contributed by atoms with Gasteiger partial charge in [-0.15, -0.1) is 0 Å². The third-order valence-electron chi connectivity index (χ3n) is 6.87. The van der Waals surface area contributed by atoms with E-state index in [1.165, 1.54) is 50.1 Å². The predicted octanol–water partition coefficient (Wildman–Crippen LogP) is 8.61. The first-order valence-corrected chi connectivity index (χ1v) is 11.7. The fourth-order valence-corrected chi connectivity index (χ4v) is 5.34. The van der Waals surface area contributed by atoms with Crippen LogP contribution < -0.4 is 0 Å². The van der Waals surface area contributed by atoms with Crippen LogP contribution in [0.3, 0.4) is 0 Å². The lowest BCUT2D eigenvalue weighted by atomic mass is 9.69. The van der Waals surface area contributed by atoms with E-state index in [0.29, 0.717) is 11.8 Å². The topological polar surface area (TPSA) is 0 Å². The van der Waals surface area contributed by atoms with Crippen molar-refractivity contribution in [1.29, 1.82) is 0 Å². The van der Waals surface area contributed by atoms with E-state index in [9.17, 15) is 0 Å². The summed E-state index contributed by atoms with van der Waals surface area (Å²) in [5.74, 6) is 0.633. The first-order valence-electron chi connectivity index (χ1n) is 11.7. The molecule has 2 aromatic rings. The first kappa shape index (κ1) is 21.4. The molecule has 0 aromatic heterocycles. The fourth-order valence-electron chi connectivity index (χ4n) is 5.34. The third kappa shape index (κ3) is 4.17. The van der Waals surface area contributed by atoms with Crippen molar-refractivity contribution in [2.24, 2.45) is 5.92 Å². The Morgan fingerprint density at radius 3 is 2.35 bits per heavy atom. The van der Waals surface area contributed by atoms with Crippen LogP contribution in [0, 0.1) is 5.92 Å². The summed E-state index contributed by atoms with van der Waals surface area (Å²) in [6.45, 7) is 15.9. The highest BCUT2D eigenvalue weighted by molar-refractivity contribution is 5.67. The van der Waals surface area contributed by atoms with Gasteiger partial charge < -0.3 is 0 Å². The monoisotopic (exact) mass is 406 g/mol. The van der Waals surface area contributed by atoms with Crippen LogP contribution in [0.1, 0.15) is 62.6 Å². The molecule has 2 atom stereocenters. The Hall–Kier alpha value is -2.86. The van der Waals surface area contributed by atoms with Gasteiger partial charge in [-0.25, -0.2) is 0 Å². The van der Waals surface area contributed by atoms with Gasteiger partial charge in [-0.3, -0.25) is 0 Å². The largest absolute Gasteiger partial charge is 0.0955 e. The third-order valence-corrected chi connectivity index (χ3v) is 6.87. The van der Waals surface area contributed by atoms with Crippen molar-refractivity contribution in [2.75, 3.05) is 0 Å². The van der Waals surface area contributed by atoms with E-state index >= 15 is 0 Å². The van der Waals surface area contributed by atoms with Crippen molar-refractivity contribution < 1.29 is 0 Å². The molecule has 0 bridgehead atoms. The van der Waals surface area contributed by atoms with Gasteiger partial charge in [0, 0.05) is 11.8 Å². The van der Waals surface area contributed by atoms with Gasteiger partial charge in [0.15, 0.2) is 0 Å². The molecular formula is C31H34. The highest BCUT2D eigenvalue weighted by Gasteiger charge is 2.40. The van der Waals surface area contributed by atoms with Crippen molar-refractivity contribution in [3.63, 3.8) is 0 Å². The van der Waals surface area contributed by atoms with Crippen LogP contribution in [0.15, 0.2) is 107 Å². The van der Waals surface area contributed by atoms with Crippen LogP contribution in [-0.2, 0) is 6.42 Å². The molecule has 0 aliphatic heterocycles. The average molecular weight is 407 g/mol.